The molecule has 1 aliphatic carbocycles. The maximum atomic E-state index is 12.0. The Kier molecular flexibility index (Phi) is 10.3. The van der Waals surface area contributed by atoms with E-state index in [-0.39, 0.29) is 19.0 Å². The molecule has 1 aliphatic rings. The molecule has 1 heterocycles. The van der Waals surface area contributed by atoms with E-state index in [1.165, 1.54) is 6.42 Å². The number of benzene rings is 1. The highest BCUT2D eigenvalue weighted by atomic mass is 16.5. The number of nitrogens with zero attached hydrogens (tertiary/aromatic N) is 2. The summed E-state index contributed by atoms with van der Waals surface area (Å²) in [5.41, 5.74) is 0.815. The molecule has 2 amide bonds. The maximum Gasteiger partial charge on any atom is 0.437 e. The zero-order valence-corrected chi connectivity index (χ0v) is 19.3. The van der Waals surface area contributed by atoms with E-state index in [4.69, 9.17) is 9.15 Å². The van der Waals surface area contributed by atoms with E-state index in [0.29, 0.717) is 12.5 Å². The standard InChI is InChI=1S/C18H20N4O6.C5H12/c23-14(16-21-22(18(26)28-16)10-12-6-7-12)8-19-15(24)9-20-17(25)27-11-13-4-2-1-3-5-13;1-4-5(2)3/h1-5,12H,6-11H2,(H,19,24)(H,20,25);5H,4H2,1-3H3. The van der Waals surface area contributed by atoms with Crippen LogP contribution < -0.4 is 16.4 Å². The van der Waals surface area contributed by atoms with Crippen LogP contribution in [0.15, 0.2) is 39.5 Å². The maximum absolute atomic E-state index is 12.0. The number of ether oxygens (including phenoxy) is 1. The summed E-state index contributed by atoms with van der Waals surface area (Å²) in [6.45, 7) is 6.39. The van der Waals surface area contributed by atoms with Crippen LogP contribution in [0.25, 0.3) is 0 Å². The Morgan fingerprint density at radius 3 is 2.42 bits per heavy atom. The van der Waals surface area contributed by atoms with E-state index in [1.807, 2.05) is 18.2 Å². The molecule has 33 heavy (non-hydrogen) atoms. The number of carbonyl (C=O) groups excluding carboxylic acids is 3. The number of amides is 2. The lowest BCUT2D eigenvalue weighted by molar-refractivity contribution is -0.120. The smallest absolute Gasteiger partial charge is 0.437 e. The Morgan fingerprint density at radius 1 is 1.15 bits per heavy atom. The molecular weight excluding hydrogens is 428 g/mol. The monoisotopic (exact) mass is 460 g/mol. The van der Waals surface area contributed by atoms with Gasteiger partial charge < -0.3 is 19.8 Å². The van der Waals surface area contributed by atoms with Gasteiger partial charge in [-0.2, -0.15) is 4.68 Å². The third kappa shape index (κ3) is 10.2. The predicted octanol–water partition coefficient (Wildman–Crippen LogP) is 2.52. The van der Waals surface area contributed by atoms with Crippen molar-refractivity contribution in [1.29, 1.82) is 0 Å². The van der Waals surface area contributed by atoms with Crippen molar-refractivity contribution in [2.45, 2.75) is 53.2 Å². The largest absolute Gasteiger partial charge is 0.445 e. The van der Waals surface area contributed by atoms with Crippen molar-refractivity contribution in [3.8, 4) is 0 Å². The van der Waals surface area contributed by atoms with E-state index >= 15 is 0 Å². The molecular formula is C23H32N4O6. The third-order valence-corrected chi connectivity index (χ3v) is 4.84. The summed E-state index contributed by atoms with van der Waals surface area (Å²) >= 11 is 0. The molecule has 0 aliphatic heterocycles. The topological polar surface area (TPSA) is 133 Å². The molecule has 0 radical (unpaired) electrons. The minimum atomic E-state index is -0.754. The highest BCUT2D eigenvalue weighted by Gasteiger charge is 2.25. The van der Waals surface area contributed by atoms with Crippen molar-refractivity contribution in [3.05, 3.63) is 52.3 Å². The average Bonchev–Trinajstić information content (AvgIpc) is 3.56. The van der Waals surface area contributed by atoms with Gasteiger partial charge in [-0.15, -0.1) is 5.10 Å². The van der Waals surface area contributed by atoms with E-state index in [1.54, 1.807) is 12.1 Å². The van der Waals surface area contributed by atoms with E-state index in [9.17, 15) is 19.2 Å². The van der Waals surface area contributed by atoms with Crippen molar-refractivity contribution < 1.29 is 23.5 Å². The summed E-state index contributed by atoms with van der Waals surface area (Å²) in [5, 5.41) is 8.44. The van der Waals surface area contributed by atoms with Crippen LogP contribution in [-0.2, 0) is 22.7 Å². The summed E-state index contributed by atoms with van der Waals surface area (Å²) in [6, 6.07) is 9.08. The lowest BCUT2D eigenvalue weighted by atomic mass is 10.2. The van der Waals surface area contributed by atoms with Gasteiger partial charge in [0.1, 0.15) is 13.2 Å². The fourth-order valence-electron chi connectivity index (χ4n) is 2.32. The van der Waals surface area contributed by atoms with Gasteiger partial charge in [0, 0.05) is 0 Å². The number of hydrogen-bond acceptors (Lipinski definition) is 7. The molecule has 10 heteroatoms. The summed E-state index contributed by atoms with van der Waals surface area (Å²) in [7, 11) is 0. The molecule has 1 fully saturated rings. The van der Waals surface area contributed by atoms with Gasteiger partial charge in [-0.05, 0) is 30.2 Å². The fourth-order valence-corrected chi connectivity index (χ4v) is 2.32. The van der Waals surface area contributed by atoms with Crippen molar-refractivity contribution in [2.75, 3.05) is 13.1 Å². The second-order valence-electron chi connectivity index (χ2n) is 8.22. The minimum Gasteiger partial charge on any atom is -0.445 e. The second kappa shape index (κ2) is 13.2. The number of rotatable bonds is 10. The molecule has 1 aromatic carbocycles. The lowest BCUT2D eigenvalue weighted by Crippen LogP contribution is -2.39. The number of hydrogen-bond donors (Lipinski definition) is 2. The van der Waals surface area contributed by atoms with Crippen LogP contribution in [0.1, 0.15) is 56.3 Å². The Morgan fingerprint density at radius 2 is 1.82 bits per heavy atom. The van der Waals surface area contributed by atoms with Gasteiger partial charge in [0.25, 0.3) is 5.89 Å². The SMILES string of the molecule is CCC(C)C.O=C(CNC(=O)OCc1ccccc1)NCC(=O)c1nn(CC2CC2)c(=O)o1. The third-order valence-electron chi connectivity index (χ3n) is 4.84. The van der Waals surface area contributed by atoms with Gasteiger partial charge >= 0.3 is 11.8 Å². The first-order chi connectivity index (χ1) is 15.8. The van der Waals surface area contributed by atoms with Crippen LogP contribution in [0.3, 0.4) is 0 Å². The summed E-state index contributed by atoms with van der Waals surface area (Å²) in [4.78, 5) is 46.9. The molecule has 180 valence electrons. The average molecular weight is 461 g/mol. The number of carbonyl (C=O) groups is 3. The number of nitrogens with one attached hydrogen (secondary N) is 2. The highest BCUT2D eigenvalue weighted by molar-refractivity contribution is 5.95. The number of alkyl carbamates (subject to hydrolysis) is 1. The second-order valence-corrected chi connectivity index (χ2v) is 8.22. The molecule has 0 spiro atoms. The number of Topliss-reactive ketones (excluding diaryl/α,β-unsaturated/α-hetero) is 1. The normalized spacial score (nSPS) is 12.5. The van der Waals surface area contributed by atoms with Crippen molar-refractivity contribution in [3.63, 3.8) is 0 Å². The van der Waals surface area contributed by atoms with Crippen molar-refractivity contribution in [2.24, 2.45) is 11.8 Å². The molecule has 0 saturated heterocycles. The van der Waals surface area contributed by atoms with Crippen molar-refractivity contribution in [1.82, 2.24) is 20.4 Å². The molecule has 0 atom stereocenters. The van der Waals surface area contributed by atoms with Crippen LogP contribution in [0.4, 0.5) is 4.79 Å². The van der Waals surface area contributed by atoms with Gasteiger partial charge in [0.15, 0.2) is 0 Å². The minimum absolute atomic E-state index is 0.0787. The molecule has 3 rings (SSSR count). The Hall–Kier alpha value is -3.43. The first kappa shape index (κ1) is 25.8. The van der Waals surface area contributed by atoms with E-state index in [0.717, 1.165) is 29.0 Å². The quantitative estimate of drug-likeness (QED) is 0.521. The number of ketones is 1. The van der Waals surface area contributed by atoms with Crippen LogP contribution in [0.5, 0.6) is 0 Å². The van der Waals surface area contributed by atoms with Crippen LogP contribution in [0.2, 0.25) is 0 Å². The Bertz CT molecular complexity index is 963. The number of aromatic nitrogens is 2. The Labute approximate surface area is 192 Å². The molecule has 0 unspecified atom stereocenters. The van der Waals surface area contributed by atoms with Crippen molar-refractivity contribution >= 4 is 17.8 Å². The van der Waals surface area contributed by atoms with Crippen LogP contribution >= 0.6 is 0 Å². The Balaban J connectivity index is 0.000000696. The lowest BCUT2D eigenvalue weighted by Gasteiger charge is -2.07. The van der Waals surface area contributed by atoms with Crippen LogP contribution in [-0.4, -0.2) is 40.7 Å². The fraction of sp³-hybridized carbons (Fsp3) is 0.522. The first-order valence-electron chi connectivity index (χ1n) is 11.1. The molecule has 10 nitrogen and oxygen atoms in total. The van der Waals surface area contributed by atoms with E-state index < -0.39 is 30.1 Å². The predicted molar refractivity (Wildman–Crippen MR) is 121 cm³/mol. The van der Waals surface area contributed by atoms with Gasteiger partial charge in [-0.1, -0.05) is 57.5 Å². The van der Waals surface area contributed by atoms with E-state index in [2.05, 4.69) is 36.5 Å². The van der Waals surface area contributed by atoms with Gasteiger partial charge in [-0.25, -0.2) is 9.59 Å². The summed E-state index contributed by atoms with van der Waals surface area (Å²) in [6.07, 6.45) is 2.61. The van der Waals surface area contributed by atoms with Crippen LogP contribution in [0, 0.1) is 11.8 Å². The van der Waals surface area contributed by atoms with Gasteiger partial charge in [0.05, 0.1) is 13.1 Å². The molecule has 0 bridgehead atoms. The molecule has 2 aromatic rings. The zero-order valence-electron chi connectivity index (χ0n) is 19.3. The molecule has 2 N–H and O–H groups in total. The van der Waals surface area contributed by atoms with Gasteiger partial charge in [0.2, 0.25) is 11.7 Å². The highest BCUT2D eigenvalue weighted by Crippen LogP contribution is 2.29. The van der Waals surface area contributed by atoms with Gasteiger partial charge in [-0.3, -0.25) is 9.59 Å². The zero-order chi connectivity index (χ0) is 24.2. The summed E-state index contributed by atoms with van der Waals surface area (Å²) < 4.78 is 10.9. The molecule has 1 saturated carbocycles. The summed E-state index contributed by atoms with van der Waals surface area (Å²) in [5.74, 6) is -0.977. The molecule has 1 aromatic heterocycles. The first-order valence-corrected chi connectivity index (χ1v) is 11.1.